The molecule has 4 N–H and O–H groups in total. The minimum absolute atomic E-state index is 0.00708. The highest BCUT2D eigenvalue weighted by atomic mass is 14.7. The predicted molar refractivity (Wildman–Crippen MR) is 64.2 cm³/mol. The lowest BCUT2D eigenvalue weighted by molar-refractivity contribution is 0.418. The zero-order chi connectivity index (χ0) is 11.2. The summed E-state index contributed by atoms with van der Waals surface area (Å²) < 4.78 is 0. The Balaban J connectivity index is 3.23. The third-order valence-corrected chi connectivity index (χ3v) is 2.39. The van der Waals surface area contributed by atoms with Crippen molar-refractivity contribution in [1.82, 2.24) is 0 Å². The normalized spacial score (nSPS) is 13.3. The van der Waals surface area contributed by atoms with Crippen LogP contribution in [0.5, 0.6) is 0 Å². The molecule has 0 fully saturated rings. The quantitative estimate of drug-likeness (QED) is 0.621. The van der Waals surface area contributed by atoms with E-state index >= 15 is 0 Å². The van der Waals surface area contributed by atoms with Gasteiger partial charge in [-0.1, -0.05) is 25.7 Å². The van der Waals surface area contributed by atoms with E-state index in [-0.39, 0.29) is 11.1 Å². The maximum Gasteiger partial charge on any atom is 0.00970 e. The standard InChI is InChI=1S/C12H28N2/c1-11(2,13)9-7-5-6-8-10-12(3,4)14/h5-10,13-14H2,1-4H3. The van der Waals surface area contributed by atoms with Crippen molar-refractivity contribution in [2.45, 2.75) is 77.3 Å². The summed E-state index contributed by atoms with van der Waals surface area (Å²) in [5.74, 6) is 0. The number of unbranched alkanes of at least 4 members (excludes halogenated alkanes) is 3. The van der Waals surface area contributed by atoms with Gasteiger partial charge in [0.15, 0.2) is 0 Å². The van der Waals surface area contributed by atoms with E-state index in [0.717, 1.165) is 12.8 Å². The summed E-state index contributed by atoms with van der Waals surface area (Å²) in [6.07, 6.45) is 7.31. The highest BCUT2D eigenvalue weighted by molar-refractivity contribution is 4.72. The Bertz CT molecular complexity index is 121. The molecule has 0 radical (unpaired) electrons. The molecule has 0 atom stereocenters. The molecule has 0 bridgehead atoms. The fourth-order valence-corrected chi connectivity index (χ4v) is 1.51. The van der Waals surface area contributed by atoms with Gasteiger partial charge in [-0.2, -0.15) is 0 Å². The Morgan fingerprint density at radius 3 is 1.14 bits per heavy atom. The van der Waals surface area contributed by atoms with Gasteiger partial charge in [-0.15, -0.1) is 0 Å². The second-order valence-electron chi connectivity index (χ2n) is 5.89. The Labute approximate surface area is 89.4 Å². The Hall–Kier alpha value is -0.0800. The molecule has 0 amide bonds. The lowest BCUT2D eigenvalue weighted by atomic mass is 9.95. The molecule has 0 aromatic heterocycles. The van der Waals surface area contributed by atoms with Gasteiger partial charge in [0.05, 0.1) is 0 Å². The van der Waals surface area contributed by atoms with Crippen LogP contribution in [0.25, 0.3) is 0 Å². The zero-order valence-corrected chi connectivity index (χ0v) is 10.4. The van der Waals surface area contributed by atoms with Crippen LogP contribution >= 0.6 is 0 Å². The van der Waals surface area contributed by atoms with E-state index in [1.165, 1.54) is 25.7 Å². The van der Waals surface area contributed by atoms with Gasteiger partial charge in [0.2, 0.25) is 0 Å². The lowest BCUT2D eigenvalue weighted by Gasteiger charge is -2.19. The molecule has 0 rings (SSSR count). The van der Waals surface area contributed by atoms with Gasteiger partial charge in [0.25, 0.3) is 0 Å². The minimum Gasteiger partial charge on any atom is -0.326 e. The van der Waals surface area contributed by atoms with E-state index in [2.05, 4.69) is 27.7 Å². The second kappa shape index (κ2) is 5.72. The van der Waals surface area contributed by atoms with Crippen LogP contribution in [-0.4, -0.2) is 11.1 Å². The lowest BCUT2D eigenvalue weighted by Crippen LogP contribution is -2.32. The number of hydrogen-bond acceptors (Lipinski definition) is 2. The van der Waals surface area contributed by atoms with Crippen molar-refractivity contribution in [3.63, 3.8) is 0 Å². The average Bonchev–Trinajstić information content (AvgIpc) is 1.92. The third-order valence-electron chi connectivity index (χ3n) is 2.39. The fourth-order valence-electron chi connectivity index (χ4n) is 1.51. The van der Waals surface area contributed by atoms with Gasteiger partial charge in [-0.05, 0) is 40.5 Å². The van der Waals surface area contributed by atoms with Gasteiger partial charge < -0.3 is 11.5 Å². The first-order valence-corrected chi connectivity index (χ1v) is 5.78. The number of hydrogen-bond donors (Lipinski definition) is 2. The molecule has 0 saturated carbocycles. The molecule has 0 aromatic rings. The highest BCUT2D eigenvalue weighted by Crippen LogP contribution is 2.15. The Morgan fingerprint density at radius 2 is 0.929 bits per heavy atom. The van der Waals surface area contributed by atoms with Crippen LogP contribution in [-0.2, 0) is 0 Å². The van der Waals surface area contributed by atoms with E-state index in [0.29, 0.717) is 0 Å². The second-order valence-corrected chi connectivity index (χ2v) is 5.89. The van der Waals surface area contributed by atoms with Crippen molar-refractivity contribution < 1.29 is 0 Å². The first-order chi connectivity index (χ1) is 6.21. The third kappa shape index (κ3) is 11.9. The summed E-state index contributed by atoms with van der Waals surface area (Å²) in [6.45, 7) is 8.37. The van der Waals surface area contributed by atoms with Crippen molar-refractivity contribution in [3.8, 4) is 0 Å². The van der Waals surface area contributed by atoms with Gasteiger partial charge >= 0.3 is 0 Å². The minimum atomic E-state index is 0.00708. The smallest absolute Gasteiger partial charge is 0.00970 e. The SMILES string of the molecule is CC(C)(N)CCCCCCC(C)(C)N. The molecule has 2 nitrogen and oxygen atoms in total. The topological polar surface area (TPSA) is 52.0 Å². The summed E-state index contributed by atoms with van der Waals surface area (Å²) in [4.78, 5) is 0. The van der Waals surface area contributed by atoms with Gasteiger partial charge in [-0.3, -0.25) is 0 Å². The first-order valence-electron chi connectivity index (χ1n) is 5.78. The maximum absolute atomic E-state index is 5.90. The van der Waals surface area contributed by atoms with Crippen molar-refractivity contribution in [2.75, 3.05) is 0 Å². The monoisotopic (exact) mass is 200 g/mol. The van der Waals surface area contributed by atoms with Gasteiger partial charge in [0, 0.05) is 11.1 Å². The molecule has 0 spiro atoms. The molecule has 0 saturated heterocycles. The van der Waals surface area contributed by atoms with E-state index in [4.69, 9.17) is 11.5 Å². The van der Waals surface area contributed by atoms with Crippen LogP contribution in [0.1, 0.15) is 66.2 Å². The summed E-state index contributed by atoms with van der Waals surface area (Å²) in [6, 6.07) is 0. The van der Waals surface area contributed by atoms with Crippen molar-refractivity contribution in [1.29, 1.82) is 0 Å². The summed E-state index contributed by atoms with van der Waals surface area (Å²) >= 11 is 0. The Kier molecular flexibility index (Phi) is 5.68. The van der Waals surface area contributed by atoms with Crippen LogP contribution in [0.2, 0.25) is 0 Å². The van der Waals surface area contributed by atoms with Gasteiger partial charge in [-0.25, -0.2) is 0 Å². The molecule has 0 unspecified atom stereocenters. The summed E-state index contributed by atoms with van der Waals surface area (Å²) in [5.41, 5.74) is 11.8. The molecule has 0 heterocycles. The summed E-state index contributed by atoms with van der Waals surface area (Å²) in [7, 11) is 0. The maximum atomic E-state index is 5.90. The fraction of sp³-hybridized carbons (Fsp3) is 1.00. The molecular weight excluding hydrogens is 172 g/mol. The molecule has 14 heavy (non-hydrogen) atoms. The van der Waals surface area contributed by atoms with Crippen LogP contribution in [0, 0.1) is 0 Å². The predicted octanol–water partition coefficient (Wildman–Crippen LogP) is 2.80. The molecule has 2 heteroatoms. The van der Waals surface area contributed by atoms with Crippen LogP contribution in [0.3, 0.4) is 0 Å². The molecule has 0 aliphatic heterocycles. The van der Waals surface area contributed by atoms with E-state index in [1.807, 2.05) is 0 Å². The van der Waals surface area contributed by atoms with Crippen LogP contribution in [0.15, 0.2) is 0 Å². The molecule has 0 aliphatic rings. The molecule has 0 aliphatic carbocycles. The number of nitrogens with two attached hydrogens (primary N) is 2. The first kappa shape index (κ1) is 13.9. The van der Waals surface area contributed by atoms with Crippen molar-refractivity contribution in [3.05, 3.63) is 0 Å². The van der Waals surface area contributed by atoms with Gasteiger partial charge in [0.1, 0.15) is 0 Å². The van der Waals surface area contributed by atoms with Crippen molar-refractivity contribution in [2.24, 2.45) is 11.5 Å². The summed E-state index contributed by atoms with van der Waals surface area (Å²) in [5, 5.41) is 0. The molecular formula is C12H28N2. The van der Waals surface area contributed by atoms with Crippen LogP contribution < -0.4 is 11.5 Å². The highest BCUT2D eigenvalue weighted by Gasteiger charge is 2.11. The average molecular weight is 200 g/mol. The molecule has 0 aromatic carbocycles. The van der Waals surface area contributed by atoms with Crippen LogP contribution in [0.4, 0.5) is 0 Å². The largest absolute Gasteiger partial charge is 0.326 e. The van der Waals surface area contributed by atoms with E-state index in [1.54, 1.807) is 0 Å². The Morgan fingerprint density at radius 1 is 0.643 bits per heavy atom. The van der Waals surface area contributed by atoms with Crippen molar-refractivity contribution >= 4 is 0 Å². The van der Waals surface area contributed by atoms with E-state index < -0.39 is 0 Å². The van der Waals surface area contributed by atoms with E-state index in [9.17, 15) is 0 Å². The zero-order valence-electron chi connectivity index (χ0n) is 10.4. The number of rotatable bonds is 7. The molecule has 86 valence electrons.